The van der Waals surface area contributed by atoms with E-state index in [1.54, 1.807) is 7.11 Å². The smallest absolute Gasteiger partial charge is 0.120 e. The fraction of sp³-hybridized carbons (Fsp3) is 0.400. The van der Waals surface area contributed by atoms with Gasteiger partial charge in [-0.25, -0.2) is 0 Å². The van der Waals surface area contributed by atoms with E-state index in [1.165, 1.54) is 0 Å². The number of hydrogen-bond acceptors (Lipinski definition) is 3. The Morgan fingerprint density at radius 1 is 1.57 bits per heavy atom. The lowest BCUT2D eigenvalue weighted by atomic mass is 10.1. The van der Waals surface area contributed by atoms with Crippen LogP contribution >= 0.6 is 24.2 Å². The van der Waals surface area contributed by atoms with E-state index in [9.17, 15) is 0 Å². The van der Waals surface area contributed by atoms with Crippen molar-refractivity contribution < 1.29 is 4.74 Å². The SMILES string of the molecule is CNC(CS)c1ccc(OC)cc1Cl. The van der Waals surface area contributed by atoms with Crippen LogP contribution in [0.5, 0.6) is 5.75 Å². The highest BCUT2D eigenvalue weighted by atomic mass is 35.5. The molecule has 2 nitrogen and oxygen atoms in total. The summed E-state index contributed by atoms with van der Waals surface area (Å²) in [4.78, 5) is 0. The quantitative estimate of drug-likeness (QED) is 0.778. The summed E-state index contributed by atoms with van der Waals surface area (Å²) < 4.78 is 5.07. The zero-order valence-corrected chi connectivity index (χ0v) is 9.90. The molecule has 0 saturated carbocycles. The van der Waals surface area contributed by atoms with E-state index in [0.717, 1.165) is 11.3 Å². The molecule has 1 unspecified atom stereocenters. The molecule has 0 bridgehead atoms. The van der Waals surface area contributed by atoms with Gasteiger partial charge in [0.05, 0.1) is 7.11 Å². The second kappa shape index (κ2) is 5.49. The molecule has 0 aromatic heterocycles. The van der Waals surface area contributed by atoms with Gasteiger partial charge in [0, 0.05) is 16.8 Å². The average Bonchev–Trinajstić information content (AvgIpc) is 2.22. The average molecular weight is 232 g/mol. The van der Waals surface area contributed by atoms with Crippen LogP contribution in [0.4, 0.5) is 0 Å². The molecular weight excluding hydrogens is 218 g/mol. The third kappa shape index (κ3) is 2.56. The number of nitrogens with one attached hydrogen (secondary N) is 1. The molecule has 14 heavy (non-hydrogen) atoms. The summed E-state index contributed by atoms with van der Waals surface area (Å²) in [7, 11) is 3.51. The fourth-order valence-electron chi connectivity index (χ4n) is 1.26. The molecule has 0 saturated heterocycles. The van der Waals surface area contributed by atoms with Crippen LogP contribution in [-0.2, 0) is 0 Å². The maximum Gasteiger partial charge on any atom is 0.120 e. The molecule has 4 heteroatoms. The minimum absolute atomic E-state index is 0.178. The van der Waals surface area contributed by atoms with Crippen molar-refractivity contribution in [2.45, 2.75) is 6.04 Å². The molecule has 1 aromatic carbocycles. The molecule has 1 rings (SSSR count). The lowest BCUT2D eigenvalue weighted by Crippen LogP contribution is -2.18. The highest BCUT2D eigenvalue weighted by molar-refractivity contribution is 7.80. The molecule has 1 N–H and O–H groups in total. The number of halogens is 1. The summed E-state index contributed by atoms with van der Waals surface area (Å²) in [6.07, 6.45) is 0. The number of ether oxygens (including phenoxy) is 1. The molecule has 0 heterocycles. The van der Waals surface area contributed by atoms with Crippen LogP contribution in [0.3, 0.4) is 0 Å². The van der Waals surface area contributed by atoms with Crippen LogP contribution in [0.1, 0.15) is 11.6 Å². The van der Waals surface area contributed by atoms with Gasteiger partial charge in [0.15, 0.2) is 0 Å². The van der Waals surface area contributed by atoms with Crippen molar-refractivity contribution in [2.75, 3.05) is 19.9 Å². The number of benzene rings is 1. The first kappa shape index (κ1) is 11.7. The van der Waals surface area contributed by atoms with Gasteiger partial charge in [-0.05, 0) is 24.7 Å². The van der Waals surface area contributed by atoms with Crippen LogP contribution in [0, 0.1) is 0 Å². The van der Waals surface area contributed by atoms with E-state index in [0.29, 0.717) is 10.8 Å². The lowest BCUT2D eigenvalue weighted by Gasteiger charge is -2.15. The largest absolute Gasteiger partial charge is 0.497 e. The highest BCUT2D eigenvalue weighted by Crippen LogP contribution is 2.27. The van der Waals surface area contributed by atoms with E-state index in [4.69, 9.17) is 16.3 Å². The summed E-state index contributed by atoms with van der Waals surface area (Å²) in [6, 6.07) is 5.84. The molecular formula is C10H14ClNOS. The molecule has 0 aliphatic rings. The molecule has 1 aromatic rings. The van der Waals surface area contributed by atoms with Gasteiger partial charge in [-0.15, -0.1) is 0 Å². The van der Waals surface area contributed by atoms with E-state index < -0.39 is 0 Å². The topological polar surface area (TPSA) is 21.3 Å². The van der Waals surface area contributed by atoms with Crippen molar-refractivity contribution in [1.82, 2.24) is 5.32 Å². The van der Waals surface area contributed by atoms with Crippen LogP contribution in [-0.4, -0.2) is 19.9 Å². The Morgan fingerprint density at radius 3 is 2.71 bits per heavy atom. The van der Waals surface area contributed by atoms with E-state index in [-0.39, 0.29) is 6.04 Å². The van der Waals surface area contributed by atoms with Gasteiger partial charge >= 0.3 is 0 Å². The predicted molar refractivity (Wildman–Crippen MR) is 63.7 cm³/mol. The molecule has 0 spiro atoms. The monoisotopic (exact) mass is 231 g/mol. The number of rotatable bonds is 4. The number of methoxy groups -OCH3 is 1. The zero-order chi connectivity index (χ0) is 10.6. The normalized spacial score (nSPS) is 12.6. The van der Waals surface area contributed by atoms with Crippen LogP contribution in [0.15, 0.2) is 18.2 Å². The predicted octanol–water partition coefficient (Wildman–Crippen LogP) is 2.54. The maximum absolute atomic E-state index is 6.11. The summed E-state index contributed by atoms with van der Waals surface area (Å²) in [5.74, 6) is 1.48. The van der Waals surface area contributed by atoms with Crippen LogP contribution < -0.4 is 10.1 Å². The van der Waals surface area contributed by atoms with Crippen molar-refractivity contribution >= 4 is 24.2 Å². The van der Waals surface area contributed by atoms with Gasteiger partial charge in [-0.2, -0.15) is 12.6 Å². The first-order valence-electron chi connectivity index (χ1n) is 4.34. The Labute approximate surface area is 95.0 Å². The summed E-state index contributed by atoms with van der Waals surface area (Å²) in [5, 5.41) is 3.85. The van der Waals surface area contributed by atoms with Crippen molar-refractivity contribution in [3.63, 3.8) is 0 Å². The first-order valence-corrected chi connectivity index (χ1v) is 5.35. The second-order valence-corrected chi connectivity index (χ2v) is 3.68. The molecule has 78 valence electrons. The summed E-state index contributed by atoms with van der Waals surface area (Å²) in [6.45, 7) is 0. The molecule has 0 aliphatic carbocycles. The second-order valence-electron chi connectivity index (χ2n) is 2.91. The molecule has 1 atom stereocenters. The number of thiol groups is 1. The minimum atomic E-state index is 0.178. The minimum Gasteiger partial charge on any atom is -0.497 e. The zero-order valence-electron chi connectivity index (χ0n) is 8.25. The lowest BCUT2D eigenvalue weighted by molar-refractivity contribution is 0.414. The van der Waals surface area contributed by atoms with Crippen molar-refractivity contribution in [3.8, 4) is 5.75 Å². The van der Waals surface area contributed by atoms with Gasteiger partial charge in [0.1, 0.15) is 5.75 Å². The maximum atomic E-state index is 6.11. The highest BCUT2D eigenvalue weighted by Gasteiger charge is 2.11. The Bertz CT molecular complexity index is 302. The Hall–Kier alpha value is -0.380. The van der Waals surface area contributed by atoms with Crippen molar-refractivity contribution in [1.29, 1.82) is 0 Å². The summed E-state index contributed by atoms with van der Waals surface area (Å²) >= 11 is 10.4. The first-order chi connectivity index (χ1) is 6.72. The summed E-state index contributed by atoms with van der Waals surface area (Å²) in [5.41, 5.74) is 1.05. The Balaban J connectivity index is 2.98. The molecule has 0 radical (unpaired) electrons. The van der Waals surface area contributed by atoms with Gasteiger partial charge in [-0.1, -0.05) is 17.7 Å². The van der Waals surface area contributed by atoms with E-state index in [2.05, 4.69) is 17.9 Å². The van der Waals surface area contributed by atoms with Gasteiger partial charge in [0.2, 0.25) is 0 Å². The Kier molecular flexibility index (Phi) is 4.58. The van der Waals surface area contributed by atoms with Crippen molar-refractivity contribution in [2.24, 2.45) is 0 Å². The van der Waals surface area contributed by atoms with Crippen LogP contribution in [0.2, 0.25) is 5.02 Å². The number of hydrogen-bond donors (Lipinski definition) is 2. The molecule has 0 amide bonds. The van der Waals surface area contributed by atoms with E-state index in [1.807, 2.05) is 25.2 Å². The van der Waals surface area contributed by atoms with Gasteiger partial charge < -0.3 is 10.1 Å². The third-order valence-corrected chi connectivity index (χ3v) is 2.81. The standard InChI is InChI=1S/C10H14ClNOS/c1-12-10(6-14)8-4-3-7(13-2)5-9(8)11/h3-5,10,12,14H,6H2,1-2H3. The van der Waals surface area contributed by atoms with Crippen LogP contribution in [0.25, 0.3) is 0 Å². The van der Waals surface area contributed by atoms with Crippen molar-refractivity contribution in [3.05, 3.63) is 28.8 Å². The van der Waals surface area contributed by atoms with Gasteiger partial charge in [0.25, 0.3) is 0 Å². The molecule has 0 fully saturated rings. The van der Waals surface area contributed by atoms with Gasteiger partial charge in [-0.3, -0.25) is 0 Å². The molecule has 0 aliphatic heterocycles. The fourth-order valence-corrected chi connectivity index (χ4v) is 1.94. The Morgan fingerprint density at radius 2 is 2.29 bits per heavy atom. The van der Waals surface area contributed by atoms with E-state index >= 15 is 0 Å². The third-order valence-electron chi connectivity index (χ3n) is 2.11.